The van der Waals surface area contributed by atoms with E-state index in [2.05, 4.69) is 49.8 Å². The second-order valence-electron chi connectivity index (χ2n) is 6.70. The Morgan fingerprint density at radius 3 is 2.64 bits per heavy atom. The van der Waals surface area contributed by atoms with Crippen LogP contribution in [0, 0.1) is 12.8 Å². The molecule has 1 aliphatic rings. The van der Waals surface area contributed by atoms with Gasteiger partial charge in [0.15, 0.2) is 5.96 Å². The van der Waals surface area contributed by atoms with E-state index in [1.165, 1.54) is 26.2 Å². The van der Waals surface area contributed by atoms with E-state index in [0.717, 1.165) is 42.7 Å². The summed E-state index contributed by atoms with van der Waals surface area (Å²) in [6.07, 6.45) is 0.932. The highest BCUT2D eigenvalue weighted by atomic mass is 127. The number of halogens is 1. The van der Waals surface area contributed by atoms with Crippen LogP contribution in [0.3, 0.4) is 0 Å². The Bertz CT molecular complexity index is 513. The zero-order chi connectivity index (χ0) is 17.4. The van der Waals surface area contributed by atoms with Crippen molar-refractivity contribution >= 4 is 41.3 Å². The largest absolute Gasteiger partial charge is 0.356 e. The summed E-state index contributed by atoms with van der Waals surface area (Å²) in [5.41, 5.74) is 1.16. The van der Waals surface area contributed by atoms with Crippen LogP contribution in [0.1, 0.15) is 17.6 Å². The summed E-state index contributed by atoms with van der Waals surface area (Å²) < 4.78 is 0. The fourth-order valence-electron chi connectivity index (χ4n) is 2.86. The van der Waals surface area contributed by atoms with E-state index in [1.54, 1.807) is 11.3 Å². The second-order valence-corrected chi connectivity index (χ2v) is 7.76. The molecular formula is C17H33IN6S. The number of hydrogen-bond acceptors (Lipinski definition) is 5. The van der Waals surface area contributed by atoms with Gasteiger partial charge in [-0.15, -0.1) is 35.3 Å². The van der Waals surface area contributed by atoms with E-state index < -0.39 is 0 Å². The first-order chi connectivity index (χ1) is 11.6. The highest BCUT2D eigenvalue weighted by molar-refractivity contribution is 14.0. The number of nitrogens with zero attached hydrogens (tertiary/aromatic N) is 4. The molecular weight excluding hydrogens is 447 g/mol. The first kappa shape index (κ1) is 22.6. The van der Waals surface area contributed by atoms with Gasteiger partial charge in [0.2, 0.25) is 0 Å². The number of aliphatic imine (C=N–C) groups is 1. The third kappa shape index (κ3) is 8.65. The highest BCUT2D eigenvalue weighted by Crippen LogP contribution is 2.07. The van der Waals surface area contributed by atoms with Crippen LogP contribution in [0.2, 0.25) is 0 Å². The molecule has 25 heavy (non-hydrogen) atoms. The molecule has 2 N–H and O–H groups in total. The average Bonchev–Trinajstić information content (AvgIpc) is 2.98. The first-order valence-corrected chi connectivity index (χ1v) is 9.71. The number of hydrogen-bond donors (Lipinski definition) is 2. The van der Waals surface area contributed by atoms with E-state index in [0.29, 0.717) is 5.92 Å². The van der Waals surface area contributed by atoms with E-state index in [1.807, 2.05) is 14.0 Å². The van der Waals surface area contributed by atoms with Gasteiger partial charge in [-0.2, -0.15) is 0 Å². The lowest BCUT2D eigenvalue weighted by atomic mass is 10.1. The molecule has 8 heteroatoms. The molecule has 2 rings (SSSR count). The Balaban J connectivity index is 0.00000312. The van der Waals surface area contributed by atoms with E-state index in [9.17, 15) is 0 Å². The molecule has 1 fully saturated rings. The van der Waals surface area contributed by atoms with E-state index >= 15 is 0 Å². The lowest BCUT2D eigenvalue weighted by Crippen LogP contribution is -2.47. The number of thiazole rings is 1. The fourth-order valence-corrected chi connectivity index (χ4v) is 3.51. The normalized spacial score (nSPS) is 17.8. The van der Waals surface area contributed by atoms with Crippen LogP contribution in [-0.2, 0) is 6.42 Å². The molecule has 1 atom stereocenters. The smallest absolute Gasteiger partial charge is 0.190 e. The maximum Gasteiger partial charge on any atom is 0.190 e. The van der Waals surface area contributed by atoms with Gasteiger partial charge in [0.05, 0.1) is 10.7 Å². The van der Waals surface area contributed by atoms with E-state index in [4.69, 9.17) is 0 Å². The number of piperazine rings is 1. The van der Waals surface area contributed by atoms with Crippen molar-refractivity contribution in [2.45, 2.75) is 20.3 Å². The molecule has 0 radical (unpaired) electrons. The molecule has 6 nitrogen and oxygen atoms in total. The molecule has 0 spiro atoms. The zero-order valence-electron chi connectivity index (χ0n) is 15.9. The topological polar surface area (TPSA) is 55.8 Å². The quantitative estimate of drug-likeness (QED) is 0.353. The van der Waals surface area contributed by atoms with Crippen LogP contribution in [0.5, 0.6) is 0 Å². The van der Waals surface area contributed by atoms with Crippen molar-refractivity contribution in [3.05, 3.63) is 16.1 Å². The summed E-state index contributed by atoms with van der Waals surface area (Å²) >= 11 is 1.71. The fraction of sp³-hybridized carbons (Fsp3) is 0.765. The van der Waals surface area contributed by atoms with Crippen molar-refractivity contribution < 1.29 is 0 Å². The SMILES string of the molecule is CN=C(NCCc1csc(C)n1)NCC(C)CN1CCN(C)CC1.I. The standard InChI is InChI=1S/C17H32N6S.HI/c1-14(12-23-9-7-22(4)8-10-23)11-20-17(18-3)19-6-5-16-13-24-15(2)21-16;/h13-14H,5-12H2,1-4H3,(H2,18,19,20);1H. The molecule has 0 aromatic carbocycles. The monoisotopic (exact) mass is 480 g/mol. The van der Waals surface area contributed by atoms with Gasteiger partial charge >= 0.3 is 0 Å². The Kier molecular flexibility index (Phi) is 10.9. The summed E-state index contributed by atoms with van der Waals surface area (Å²) in [6, 6.07) is 0. The maximum atomic E-state index is 4.49. The predicted octanol–water partition coefficient (Wildman–Crippen LogP) is 1.66. The molecule has 2 heterocycles. The molecule has 0 aliphatic carbocycles. The van der Waals surface area contributed by atoms with Gasteiger partial charge in [0.25, 0.3) is 0 Å². The van der Waals surface area contributed by atoms with E-state index in [-0.39, 0.29) is 24.0 Å². The summed E-state index contributed by atoms with van der Waals surface area (Å²) in [6.45, 7) is 12.0. The van der Waals surface area contributed by atoms with Crippen LogP contribution in [0.15, 0.2) is 10.4 Å². The third-order valence-electron chi connectivity index (χ3n) is 4.35. The summed E-state index contributed by atoms with van der Waals surface area (Å²) in [7, 11) is 4.03. The zero-order valence-corrected chi connectivity index (χ0v) is 19.1. The molecule has 144 valence electrons. The minimum absolute atomic E-state index is 0. The van der Waals surface area contributed by atoms with Gasteiger partial charge in [-0.25, -0.2) is 4.98 Å². The minimum Gasteiger partial charge on any atom is -0.356 e. The van der Waals surface area contributed by atoms with Crippen molar-refractivity contribution in [3.63, 3.8) is 0 Å². The lowest BCUT2D eigenvalue weighted by Gasteiger charge is -2.34. The first-order valence-electron chi connectivity index (χ1n) is 8.83. The van der Waals surface area contributed by atoms with Crippen LogP contribution in [0.4, 0.5) is 0 Å². The van der Waals surface area contributed by atoms with Gasteiger partial charge in [-0.05, 0) is 19.9 Å². The van der Waals surface area contributed by atoms with Gasteiger partial charge in [-0.3, -0.25) is 4.99 Å². The molecule has 1 aliphatic heterocycles. The van der Waals surface area contributed by atoms with Gasteiger partial charge in [0.1, 0.15) is 0 Å². The number of rotatable bonds is 7. The molecule has 1 unspecified atom stereocenters. The average molecular weight is 480 g/mol. The molecule has 0 bridgehead atoms. The number of aromatic nitrogens is 1. The van der Waals surface area contributed by atoms with Crippen molar-refractivity contribution in [1.29, 1.82) is 0 Å². The Labute approximate surface area is 173 Å². The number of likely N-dealkylation sites (N-methyl/N-ethyl adjacent to an activating group) is 1. The Hall–Kier alpha value is -0.450. The number of guanidine groups is 1. The number of nitrogens with one attached hydrogen (secondary N) is 2. The van der Waals surface area contributed by atoms with Gasteiger partial charge < -0.3 is 20.4 Å². The van der Waals surface area contributed by atoms with Crippen LogP contribution in [0.25, 0.3) is 0 Å². The van der Waals surface area contributed by atoms with Crippen molar-refractivity contribution in [1.82, 2.24) is 25.4 Å². The summed E-state index contributed by atoms with van der Waals surface area (Å²) in [4.78, 5) is 13.8. The van der Waals surface area contributed by atoms with Gasteiger partial charge in [-0.1, -0.05) is 6.92 Å². The van der Waals surface area contributed by atoms with Gasteiger partial charge in [0, 0.05) is 64.7 Å². The van der Waals surface area contributed by atoms with Crippen LogP contribution >= 0.6 is 35.3 Å². The molecule has 1 saturated heterocycles. The third-order valence-corrected chi connectivity index (χ3v) is 5.17. The molecule has 0 saturated carbocycles. The lowest BCUT2D eigenvalue weighted by molar-refractivity contribution is 0.139. The summed E-state index contributed by atoms with van der Waals surface area (Å²) in [5, 5.41) is 10.1. The van der Waals surface area contributed by atoms with Crippen molar-refractivity contribution in [2.24, 2.45) is 10.9 Å². The number of aryl methyl sites for hydroxylation is 1. The Morgan fingerprint density at radius 1 is 1.32 bits per heavy atom. The minimum atomic E-state index is 0. The second kappa shape index (κ2) is 12.0. The predicted molar refractivity (Wildman–Crippen MR) is 118 cm³/mol. The summed E-state index contributed by atoms with van der Waals surface area (Å²) in [5.74, 6) is 1.49. The maximum absolute atomic E-state index is 4.49. The van der Waals surface area contributed by atoms with Crippen LogP contribution in [-0.4, -0.2) is 80.7 Å². The Morgan fingerprint density at radius 2 is 2.04 bits per heavy atom. The molecule has 1 aromatic rings. The van der Waals surface area contributed by atoms with Crippen molar-refractivity contribution in [3.8, 4) is 0 Å². The highest BCUT2D eigenvalue weighted by Gasteiger charge is 2.16. The van der Waals surface area contributed by atoms with Crippen LogP contribution < -0.4 is 10.6 Å². The molecule has 1 aromatic heterocycles. The molecule has 0 amide bonds. The van der Waals surface area contributed by atoms with Crippen molar-refractivity contribution in [2.75, 3.05) is 59.9 Å².